The number of hydrogen-bond donors (Lipinski definition) is 2. The molecule has 0 aliphatic heterocycles. The second kappa shape index (κ2) is 7.28. The van der Waals surface area contributed by atoms with Gasteiger partial charge in [-0.25, -0.2) is 0 Å². The van der Waals surface area contributed by atoms with Gasteiger partial charge in [-0.15, -0.1) is 0 Å². The van der Waals surface area contributed by atoms with Gasteiger partial charge in [0.15, 0.2) is 0 Å². The predicted octanol–water partition coefficient (Wildman–Crippen LogP) is 1.56. The standard InChI is InChI=1S/C14H26N4O/c1-5-14(3,4)17-13(19)12(2)15-8-6-10-18-11-7-9-16-18/h7,9,11-12,15H,5-6,8,10H2,1-4H3,(H,17,19). The lowest BCUT2D eigenvalue weighted by atomic mass is 10.0. The third-order valence-corrected chi connectivity index (χ3v) is 3.31. The Morgan fingerprint density at radius 2 is 2.21 bits per heavy atom. The van der Waals surface area contributed by atoms with Crippen molar-refractivity contribution in [1.29, 1.82) is 0 Å². The molecule has 5 heteroatoms. The van der Waals surface area contributed by atoms with Crippen molar-refractivity contribution in [3.8, 4) is 0 Å². The van der Waals surface area contributed by atoms with Crippen molar-refractivity contribution < 1.29 is 4.79 Å². The maximum Gasteiger partial charge on any atom is 0.237 e. The van der Waals surface area contributed by atoms with E-state index < -0.39 is 0 Å². The highest BCUT2D eigenvalue weighted by Gasteiger charge is 2.21. The quantitative estimate of drug-likeness (QED) is 0.702. The number of hydrogen-bond acceptors (Lipinski definition) is 3. The van der Waals surface area contributed by atoms with Crippen LogP contribution in [0.2, 0.25) is 0 Å². The molecule has 2 N–H and O–H groups in total. The van der Waals surface area contributed by atoms with Crippen LogP contribution in [0.4, 0.5) is 0 Å². The van der Waals surface area contributed by atoms with E-state index in [4.69, 9.17) is 0 Å². The molecule has 0 aliphatic carbocycles. The van der Waals surface area contributed by atoms with Gasteiger partial charge in [-0.2, -0.15) is 5.10 Å². The van der Waals surface area contributed by atoms with E-state index in [1.165, 1.54) is 0 Å². The van der Waals surface area contributed by atoms with E-state index in [9.17, 15) is 4.79 Å². The van der Waals surface area contributed by atoms with Crippen LogP contribution in [0, 0.1) is 0 Å². The Labute approximate surface area is 115 Å². The Hall–Kier alpha value is -1.36. The Kier molecular flexibility index (Phi) is 6.02. The van der Waals surface area contributed by atoms with E-state index in [2.05, 4.69) is 22.7 Å². The number of aryl methyl sites for hydroxylation is 1. The number of nitrogens with one attached hydrogen (secondary N) is 2. The Bertz CT molecular complexity index is 373. The number of carbonyl (C=O) groups excluding carboxylic acids is 1. The highest BCUT2D eigenvalue weighted by molar-refractivity contribution is 5.81. The fraction of sp³-hybridized carbons (Fsp3) is 0.714. The summed E-state index contributed by atoms with van der Waals surface area (Å²) in [5, 5.41) is 10.4. The lowest BCUT2D eigenvalue weighted by Crippen LogP contribution is -2.50. The fourth-order valence-electron chi connectivity index (χ4n) is 1.62. The molecule has 1 unspecified atom stereocenters. The van der Waals surface area contributed by atoms with E-state index in [0.29, 0.717) is 0 Å². The average molecular weight is 266 g/mol. The maximum atomic E-state index is 11.9. The van der Waals surface area contributed by atoms with Gasteiger partial charge in [0.1, 0.15) is 0 Å². The number of aromatic nitrogens is 2. The molecule has 1 aromatic rings. The van der Waals surface area contributed by atoms with E-state index >= 15 is 0 Å². The molecule has 0 spiro atoms. The van der Waals surface area contributed by atoms with Crippen LogP contribution in [0.5, 0.6) is 0 Å². The predicted molar refractivity (Wildman–Crippen MR) is 76.8 cm³/mol. The minimum Gasteiger partial charge on any atom is -0.350 e. The summed E-state index contributed by atoms with van der Waals surface area (Å²) in [4.78, 5) is 11.9. The van der Waals surface area contributed by atoms with Crippen molar-refractivity contribution >= 4 is 5.91 Å². The van der Waals surface area contributed by atoms with Crippen molar-refractivity contribution in [2.24, 2.45) is 0 Å². The third kappa shape index (κ3) is 5.87. The molecule has 0 saturated carbocycles. The van der Waals surface area contributed by atoms with Crippen LogP contribution in [-0.2, 0) is 11.3 Å². The molecule has 0 aromatic carbocycles. The van der Waals surface area contributed by atoms with E-state index in [0.717, 1.165) is 25.9 Å². The third-order valence-electron chi connectivity index (χ3n) is 3.31. The molecular weight excluding hydrogens is 240 g/mol. The molecule has 0 saturated heterocycles. The summed E-state index contributed by atoms with van der Waals surface area (Å²) in [6, 6.07) is 1.75. The SMILES string of the molecule is CCC(C)(C)NC(=O)C(C)NCCCn1cccn1. The summed E-state index contributed by atoms with van der Waals surface area (Å²) in [6.07, 6.45) is 5.59. The summed E-state index contributed by atoms with van der Waals surface area (Å²) >= 11 is 0. The highest BCUT2D eigenvalue weighted by atomic mass is 16.2. The van der Waals surface area contributed by atoms with Gasteiger partial charge < -0.3 is 10.6 Å². The summed E-state index contributed by atoms with van der Waals surface area (Å²) in [6.45, 7) is 9.72. The van der Waals surface area contributed by atoms with Gasteiger partial charge in [0, 0.05) is 24.5 Å². The minimum atomic E-state index is -0.163. The summed E-state index contributed by atoms with van der Waals surface area (Å²) in [5.74, 6) is 0.0611. The van der Waals surface area contributed by atoms with Gasteiger partial charge >= 0.3 is 0 Å². The average Bonchev–Trinajstić information content (AvgIpc) is 2.87. The molecule has 108 valence electrons. The molecule has 1 heterocycles. The molecule has 1 rings (SSSR count). The van der Waals surface area contributed by atoms with Crippen LogP contribution in [0.25, 0.3) is 0 Å². The molecule has 19 heavy (non-hydrogen) atoms. The van der Waals surface area contributed by atoms with Crippen LogP contribution in [0.3, 0.4) is 0 Å². The molecule has 0 fully saturated rings. The Morgan fingerprint density at radius 1 is 1.47 bits per heavy atom. The second-order valence-electron chi connectivity index (χ2n) is 5.53. The first-order valence-electron chi connectivity index (χ1n) is 6.97. The monoisotopic (exact) mass is 266 g/mol. The van der Waals surface area contributed by atoms with Gasteiger partial charge in [0.25, 0.3) is 0 Å². The number of carbonyl (C=O) groups is 1. The van der Waals surface area contributed by atoms with E-state index in [-0.39, 0.29) is 17.5 Å². The molecular formula is C14H26N4O. The normalized spacial score (nSPS) is 13.3. The summed E-state index contributed by atoms with van der Waals surface area (Å²) in [7, 11) is 0. The highest BCUT2D eigenvalue weighted by Crippen LogP contribution is 2.06. The maximum absolute atomic E-state index is 11.9. The van der Waals surface area contributed by atoms with Gasteiger partial charge in [-0.3, -0.25) is 9.48 Å². The molecule has 0 aliphatic rings. The Morgan fingerprint density at radius 3 is 2.79 bits per heavy atom. The van der Waals surface area contributed by atoms with E-state index in [1.54, 1.807) is 6.20 Å². The second-order valence-corrected chi connectivity index (χ2v) is 5.53. The van der Waals surface area contributed by atoms with Gasteiger partial charge in [-0.05, 0) is 46.2 Å². The van der Waals surface area contributed by atoms with Crippen molar-refractivity contribution in [3.63, 3.8) is 0 Å². The van der Waals surface area contributed by atoms with Crippen LogP contribution in [0.15, 0.2) is 18.5 Å². The molecule has 5 nitrogen and oxygen atoms in total. The molecule has 1 amide bonds. The first kappa shape index (κ1) is 15.7. The summed E-state index contributed by atoms with van der Waals surface area (Å²) < 4.78 is 1.90. The van der Waals surface area contributed by atoms with Crippen molar-refractivity contribution in [3.05, 3.63) is 18.5 Å². The minimum absolute atomic E-state index is 0.0611. The van der Waals surface area contributed by atoms with Crippen LogP contribution in [0.1, 0.15) is 40.5 Å². The smallest absolute Gasteiger partial charge is 0.237 e. The first-order valence-corrected chi connectivity index (χ1v) is 6.97. The number of nitrogens with zero attached hydrogens (tertiary/aromatic N) is 2. The lowest BCUT2D eigenvalue weighted by molar-refractivity contribution is -0.124. The van der Waals surface area contributed by atoms with E-state index in [1.807, 2.05) is 37.7 Å². The molecule has 1 aromatic heterocycles. The molecule has 0 radical (unpaired) electrons. The zero-order valence-electron chi connectivity index (χ0n) is 12.4. The Balaban J connectivity index is 2.19. The largest absolute Gasteiger partial charge is 0.350 e. The first-order chi connectivity index (χ1) is 8.94. The molecule has 0 bridgehead atoms. The number of rotatable bonds is 8. The van der Waals surface area contributed by atoms with Crippen molar-refractivity contribution in [2.45, 2.75) is 58.7 Å². The van der Waals surface area contributed by atoms with Gasteiger partial charge in [0.05, 0.1) is 6.04 Å². The van der Waals surface area contributed by atoms with Crippen molar-refractivity contribution in [2.75, 3.05) is 6.54 Å². The van der Waals surface area contributed by atoms with Crippen LogP contribution < -0.4 is 10.6 Å². The number of amides is 1. The van der Waals surface area contributed by atoms with Crippen molar-refractivity contribution in [1.82, 2.24) is 20.4 Å². The van der Waals surface area contributed by atoms with Gasteiger partial charge in [0.2, 0.25) is 5.91 Å². The summed E-state index contributed by atoms with van der Waals surface area (Å²) in [5.41, 5.74) is -0.137. The zero-order valence-corrected chi connectivity index (χ0v) is 12.4. The van der Waals surface area contributed by atoms with Gasteiger partial charge in [-0.1, -0.05) is 6.92 Å². The zero-order chi connectivity index (χ0) is 14.3. The van der Waals surface area contributed by atoms with Crippen LogP contribution >= 0.6 is 0 Å². The fourth-order valence-corrected chi connectivity index (χ4v) is 1.62. The topological polar surface area (TPSA) is 59.0 Å². The molecule has 1 atom stereocenters. The lowest BCUT2D eigenvalue weighted by Gasteiger charge is -2.26. The van der Waals surface area contributed by atoms with Crippen LogP contribution in [-0.4, -0.2) is 33.8 Å².